The summed E-state index contributed by atoms with van der Waals surface area (Å²) >= 11 is 13.7. The fraction of sp³-hybridized carbons (Fsp3) is 0.211. The van der Waals surface area contributed by atoms with Crippen LogP contribution in [0.4, 0.5) is 5.69 Å². The van der Waals surface area contributed by atoms with Crippen LogP contribution in [0.25, 0.3) is 10.2 Å². The Morgan fingerprint density at radius 1 is 1.19 bits per heavy atom. The van der Waals surface area contributed by atoms with Gasteiger partial charge in [0.25, 0.3) is 5.91 Å². The number of benzene rings is 2. The van der Waals surface area contributed by atoms with Crippen LogP contribution in [0, 0.1) is 6.92 Å². The summed E-state index contributed by atoms with van der Waals surface area (Å²) < 4.78 is 6.10. The fourth-order valence-electron chi connectivity index (χ4n) is 2.40. The maximum Gasteiger partial charge on any atom is 0.306 e. The van der Waals surface area contributed by atoms with E-state index in [4.69, 9.17) is 27.9 Å². The van der Waals surface area contributed by atoms with Gasteiger partial charge in [0.05, 0.1) is 37.4 Å². The minimum absolute atomic E-state index is 0.152. The van der Waals surface area contributed by atoms with Crippen molar-refractivity contribution in [3.63, 3.8) is 0 Å². The third kappa shape index (κ3) is 4.97. The van der Waals surface area contributed by atoms with Gasteiger partial charge in [0.15, 0.2) is 6.61 Å². The first-order chi connectivity index (χ1) is 12.9. The Kier molecular flexibility index (Phi) is 6.31. The number of carbonyl (C=O) groups excluding carboxylic acids is 2. The molecule has 0 aliphatic rings. The molecule has 0 saturated heterocycles. The Bertz CT molecular complexity index is 971. The smallest absolute Gasteiger partial charge is 0.306 e. The minimum Gasteiger partial charge on any atom is -0.456 e. The summed E-state index contributed by atoms with van der Waals surface area (Å²) in [7, 11) is 0. The fourth-order valence-corrected chi connectivity index (χ4v) is 3.83. The van der Waals surface area contributed by atoms with Crippen molar-refractivity contribution >= 4 is 62.3 Å². The highest BCUT2D eigenvalue weighted by molar-refractivity contribution is 7.18. The quantitative estimate of drug-likeness (QED) is 0.565. The van der Waals surface area contributed by atoms with Gasteiger partial charge in [0.2, 0.25) is 0 Å². The number of aromatic nitrogens is 1. The summed E-state index contributed by atoms with van der Waals surface area (Å²) in [5.74, 6) is -0.969. The summed E-state index contributed by atoms with van der Waals surface area (Å²) in [6, 6.07) is 11.2. The molecule has 0 aliphatic carbocycles. The normalized spacial score (nSPS) is 10.8. The summed E-state index contributed by atoms with van der Waals surface area (Å²) in [6.45, 7) is 1.40. The summed E-state index contributed by atoms with van der Waals surface area (Å²) in [6.07, 6.45) is 0.619. The van der Waals surface area contributed by atoms with Gasteiger partial charge in [0, 0.05) is 6.42 Å². The van der Waals surface area contributed by atoms with Gasteiger partial charge in [-0.15, -0.1) is 11.3 Å². The van der Waals surface area contributed by atoms with Crippen LogP contribution in [-0.2, 0) is 20.7 Å². The average Bonchev–Trinajstić information content (AvgIpc) is 3.08. The first-order valence-corrected chi connectivity index (χ1v) is 9.76. The van der Waals surface area contributed by atoms with Crippen LogP contribution in [0.3, 0.4) is 0 Å². The number of hydrogen-bond donors (Lipinski definition) is 1. The van der Waals surface area contributed by atoms with Crippen LogP contribution in [-0.4, -0.2) is 23.5 Å². The Morgan fingerprint density at radius 2 is 1.96 bits per heavy atom. The Hall–Kier alpha value is -2.15. The van der Waals surface area contributed by atoms with Crippen LogP contribution in [0.5, 0.6) is 0 Å². The lowest BCUT2D eigenvalue weighted by atomic mass is 10.2. The van der Waals surface area contributed by atoms with E-state index in [9.17, 15) is 9.59 Å². The SMILES string of the molecule is Cc1ccc(Cl)c(NC(=O)COC(=O)CCc2nc3ccccc3s2)c1Cl. The number of amides is 1. The van der Waals surface area contributed by atoms with E-state index in [1.165, 1.54) is 0 Å². The minimum atomic E-state index is -0.502. The van der Waals surface area contributed by atoms with E-state index in [0.717, 1.165) is 20.8 Å². The molecule has 8 heteroatoms. The first-order valence-electron chi connectivity index (χ1n) is 8.18. The van der Waals surface area contributed by atoms with Crippen molar-refractivity contribution in [3.05, 3.63) is 57.0 Å². The van der Waals surface area contributed by atoms with E-state index in [-0.39, 0.29) is 6.42 Å². The Balaban J connectivity index is 1.49. The number of rotatable bonds is 6. The summed E-state index contributed by atoms with van der Waals surface area (Å²) in [4.78, 5) is 28.4. The third-order valence-corrected chi connectivity index (χ3v) is 5.69. The van der Waals surface area contributed by atoms with E-state index in [2.05, 4.69) is 10.3 Å². The van der Waals surface area contributed by atoms with Gasteiger partial charge in [-0.1, -0.05) is 41.4 Å². The van der Waals surface area contributed by atoms with Crippen molar-refractivity contribution in [2.45, 2.75) is 19.8 Å². The van der Waals surface area contributed by atoms with E-state index < -0.39 is 18.5 Å². The number of para-hydroxylation sites is 1. The van der Waals surface area contributed by atoms with Crippen LogP contribution in [0.1, 0.15) is 17.0 Å². The zero-order valence-electron chi connectivity index (χ0n) is 14.4. The standard InChI is InChI=1S/C19H16Cl2N2O3S/c1-11-6-7-12(20)19(18(11)21)23-15(24)10-26-17(25)9-8-16-22-13-4-2-3-5-14(13)27-16/h2-7H,8-10H2,1H3,(H,23,24). The predicted octanol–water partition coefficient (Wildman–Crippen LogP) is 5.03. The van der Waals surface area contributed by atoms with Gasteiger partial charge < -0.3 is 10.1 Å². The van der Waals surface area contributed by atoms with E-state index in [0.29, 0.717) is 22.2 Å². The first kappa shape index (κ1) is 19.6. The molecular formula is C19H16Cl2N2O3S. The molecule has 1 heterocycles. The van der Waals surface area contributed by atoms with Gasteiger partial charge in [-0.3, -0.25) is 9.59 Å². The maximum absolute atomic E-state index is 12.0. The third-order valence-electron chi connectivity index (χ3n) is 3.79. The second kappa shape index (κ2) is 8.69. The van der Waals surface area contributed by atoms with Crippen molar-refractivity contribution in [1.29, 1.82) is 0 Å². The zero-order valence-corrected chi connectivity index (χ0v) is 16.7. The lowest BCUT2D eigenvalue weighted by molar-refractivity contribution is -0.147. The molecule has 0 saturated carbocycles. The van der Waals surface area contributed by atoms with Crippen molar-refractivity contribution < 1.29 is 14.3 Å². The molecule has 3 aromatic rings. The lowest BCUT2D eigenvalue weighted by Crippen LogP contribution is -2.21. The van der Waals surface area contributed by atoms with Gasteiger partial charge in [0.1, 0.15) is 0 Å². The van der Waals surface area contributed by atoms with Crippen LogP contribution < -0.4 is 5.32 Å². The average molecular weight is 423 g/mol. The number of aryl methyl sites for hydroxylation is 2. The highest BCUT2D eigenvalue weighted by Crippen LogP contribution is 2.32. The van der Waals surface area contributed by atoms with Crippen LogP contribution in [0.15, 0.2) is 36.4 Å². The Labute approximate surface area is 170 Å². The molecule has 140 valence electrons. The highest BCUT2D eigenvalue weighted by Gasteiger charge is 2.14. The number of fused-ring (bicyclic) bond motifs is 1. The number of carbonyl (C=O) groups is 2. The Morgan fingerprint density at radius 3 is 2.74 bits per heavy atom. The molecule has 1 amide bonds. The molecule has 0 aliphatic heterocycles. The number of ether oxygens (including phenoxy) is 1. The largest absolute Gasteiger partial charge is 0.456 e. The topological polar surface area (TPSA) is 68.3 Å². The molecule has 5 nitrogen and oxygen atoms in total. The number of hydrogen-bond acceptors (Lipinski definition) is 5. The van der Waals surface area contributed by atoms with Crippen LogP contribution >= 0.6 is 34.5 Å². The molecular weight excluding hydrogens is 407 g/mol. The van der Waals surface area contributed by atoms with Crippen molar-refractivity contribution in [3.8, 4) is 0 Å². The number of halogens is 2. The number of nitrogens with one attached hydrogen (secondary N) is 1. The molecule has 1 aromatic heterocycles. The second-order valence-electron chi connectivity index (χ2n) is 5.84. The van der Waals surface area contributed by atoms with E-state index in [1.54, 1.807) is 30.4 Å². The number of nitrogens with zero attached hydrogens (tertiary/aromatic N) is 1. The maximum atomic E-state index is 12.0. The van der Waals surface area contributed by atoms with Gasteiger partial charge >= 0.3 is 5.97 Å². The van der Waals surface area contributed by atoms with E-state index in [1.807, 2.05) is 24.3 Å². The second-order valence-corrected chi connectivity index (χ2v) is 7.74. The molecule has 2 aromatic carbocycles. The van der Waals surface area contributed by atoms with Crippen molar-refractivity contribution in [2.24, 2.45) is 0 Å². The number of thiazole rings is 1. The van der Waals surface area contributed by atoms with Crippen molar-refractivity contribution in [1.82, 2.24) is 4.98 Å². The molecule has 3 rings (SSSR count). The summed E-state index contributed by atoms with van der Waals surface area (Å²) in [5.41, 5.74) is 2.01. The lowest BCUT2D eigenvalue weighted by Gasteiger charge is -2.11. The predicted molar refractivity (Wildman–Crippen MR) is 109 cm³/mol. The van der Waals surface area contributed by atoms with E-state index >= 15 is 0 Å². The molecule has 0 atom stereocenters. The number of anilines is 1. The molecule has 0 spiro atoms. The van der Waals surface area contributed by atoms with Gasteiger partial charge in [-0.25, -0.2) is 4.98 Å². The number of esters is 1. The summed E-state index contributed by atoms with van der Waals surface area (Å²) in [5, 5.41) is 4.11. The van der Waals surface area contributed by atoms with Gasteiger partial charge in [-0.2, -0.15) is 0 Å². The molecule has 27 heavy (non-hydrogen) atoms. The highest BCUT2D eigenvalue weighted by atomic mass is 35.5. The monoisotopic (exact) mass is 422 g/mol. The molecule has 0 fully saturated rings. The molecule has 0 bridgehead atoms. The van der Waals surface area contributed by atoms with Crippen LogP contribution in [0.2, 0.25) is 10.0 Å². The molecule has 0 unspecified atom stereocenters. The molecule has 0 radical (unpaired) electrons. The molecule has 1 N–H and O–H groups in total. The van der Waals surface area contributed by atoms with Crippen molar-refractivity contribution in [2.75, 3.05) is 11.9 Å². The zero-order chi connectivity index (χ0) is 19.4. The van der Waals surface area contributed by atoms with Gasteiger partial charge in [-0.05, 0) is 30.7 Å².